The van der Waals surface area contributed by atoms with E-state index in [-0.39, 0.29) is 15.1 Å². The van der Waals surface area contributed by atoms with E-state index in [9.17, 15) is 4.57 Å². The van der Waals surface area contributed by atoms with Crippen molar-refractivity contribution >= 4 is 8.46 Å². The first-order valence-electron chi connectivity index (χ1n) is 1.37. The first-order valence-corrected chi connectivity index (χ1v) is 2.49. The van der Waals surface area contributed by atoms with Crippen LogP contribution in [0.4, 0.5) is 0 Å². The molecule has 0 radical (unpaired) electrons. The van der Waals surface area contributed by atoms with Crippen LogP contribution in [0.5, 0.6) is 0 Å². The molecule has 2 nitrogen and oxygen atoms in total. The van der Waals surface area contributed by atoms with E-state index in [0.717, 1.165) is 0 Å². The maximum absolute atomic E-state index is 9.40. The predicted molar refractivity (Wildman–Crippen MR) is 21.0 cm³/mol. The number of hydrogen-bond donors (Lipinski definition) is 1. The lowest BCUT2D eigenvalue weighted by Crippen LogP contribution is -1.76. The van der Waals surface area contributed by atoms with Crippen molar-refractivity contribution in [3.63, 3.8) is 0 Å². The molecule has 0 heterocycles. The summed E-state index contributed by atoms with van der Waals surface area (Å²) in [5.41, 5.74) is 0. The van der Waals surface area contributed by atoms with Gasteiger partial charge in [-0.15, -0.1) is 0 Å². The minimum Gasteiger partial charge on any atom is -0.392 e. The van der Waals surface area contributed by atoms with Crippen LogP contribution in [0, 0.1) is 0 Å². The number of hydrogen-bond acceptors (Lipinski definition) is 2. The van der Waals surface area contributed by atoms with Crippen LogP contribution in [0.15, 0.2) is 0 Å². The fourth-order valence-electron chi connectivity index (χ4n) is 0.0456. The number of aliphatic hydroxyl groups is 1. The highest BCUT2D eigenvalue weighted by molar-refractivity contribution is 7.23. The zero-order valence-electron chi connectivity index (χ0n) is 2.77. The van der Waals surface area contributed by atoms with Crippen molar-refractivity contribution in [1.82, 2.24) is 0 Å². The van der Waals surface area contributed by atoms with Gasteiger partial charge in [0.2, 0.25) is 0 Å². The number of rotatable bonds is 2. The molecule has 0 aliphatic rings. The standard InChI is InChI=1S/C2H5O2P/c3-1-2-5-4/h3H,1-2H2/p+1. The van der Waals surface area contributed by atoms with Crippen LogP contribution in [-0.2, 0) is 4.57 Å². The summed E-state index contributed by atoms with van der Waals surface area (Å²) in [5, 5.41) is 7.87. The highest BCUT2D eigenvalue weighted by atomic mass is 31.1. The van der Waals surface area contributed by atoms with E-state index in [1.807, 2.05) is 0 Å². The first-order chi connectivity index (χ1) is 2.41. The summed E-state index contributed by atoms with van der Waals surface area (Å²) in [4.78, 5) is 0. The molecule has 0 spiro atoms. The van der Waals surface area contributed by atoms with Crippen molar-refractivity contribution in [3.05, 3.63) is 0 Å². The van der Waals surface area contributed by atoms with Gasteiger partial charge in [-0.25, -0.2) is 0 Å². The first kappa shape index (κ1) is 5.06. The molecular formula is C2H6O2P+. The Morgan fingerprint density at radius 3 is 2.40 bits per heavy atom. The van der Waals surface area contributed by atoms with Gasteiger partial charge < -0.3 is 5.11 Å². The normalized spacial score (nSPS) is 9.00. The average Bonchev–Trinajstić information content (AvgIpc) is 1.41. The van der Waals surface area contributed by atoms with Crippen LogP contribution >= 0.6 is 8.46 Å². The van der Waals surface area contributed by atoms with Crippen molar-refractivity contribution in [2.24, 2.45) is 0 Å². The molecule has 0 rings (SSSR count). The molecule has 1 unspecified atom stereocenters. The third kappa shape index (κ3) is 4.06. The molecular weight excluding hydrogens is 87.0 g/mol. The zero-order chi connectivity index (χ0) is 4.12. The van der Waals surface area contributed by atoms with Crippen molar-refractivity contribution in [2.45, 2.75) is 0 Å². The molecule has 0 aromatic rings. The Labute approximate surface area is 32.0 Å². The maximum Gasteiger partial charge on any atom is 0.327 e. The predicted octanol–water partition coefficient (Wildman–Crippen LogP) is 0.00270. The molecule has 30 valence electrons. The molecule has 0 fully saturated rings. The van der Waals surface area contributed by atoms with Crippen molar-refractivity contribution < 1.29 is 9.67 Å². The van der Waals surface area contributed by atoms with E-state index in [2.05, 4.69) is 0 Å². The molecule has 0 amide bonds. The molecule has 0 aliphatic carbocycles. The fraction of sp³-hybridized carbons (Fsp3) is 1.00. The zero-order valence-corrected chi connectivity index (χ0v) is 3.77. The quantitative estimate of drug-likeness (QED) is 0.488. The summed E-state index contributed by atoms with van der Waals surface area (Å²) in [6.07, 6.45) is 0.417. The summed E-state index contributed by atoms with van der Waals surface area (Å²) in [6.45, 7) is 0.0436. The van der Waals surface area contributed by atoms with E-state index in [1.165, 1.54) is 0 Å². The van der Waals surface area contributed by atoms with Gasteiger partial charge in [0, 0.05) is 0 Å². The van der Waals surface area contributed by atoms with Crippen LogP contribution in [0.25, 0.3) is 0 Å². The second-order valence-corrected chi connectivity index (χ2v) is 1.41. The molecule has 0 aromatic carbocycles. The van der Waals surface area contributed by atoms with E-state index in [0.29, 0.717) is 6.16 Å². The van der Waals surface area contributed by atoms with Crippen molar-refractivity contribution in [1.29, 1.82) is 0 Å². The summed E-state index contributed by atoms with van der Waals surface area (Å²) >= 11 is 0. The van der Waals surface area contributed by atoms with E-state index < -0.39 is 0 Å². The Morgan fingerprint density at radius 2 is 2.40 bits per heavy atom. The van der Waals surface area contributed by atoms with Gasteiger partial charge >= 0.3 is 8.46 Å². The molecule has 0 bridgehead atoms. The second kappa shape index (κ2) is 4.06. The Morgan fingerprint density at radius 1 is 1.80 bits per heavy atom. The fourth-order valence-corrected chi connectivity index (χ4v) is 0.137. The Balaban J connectivity index is 2.40. The Bertz CT molecular complexity index is 28.8. The maximum atomic E-state index is 9.40. The summed E-state index contributed by atoms with van der Waals surface area (Å²) in [7, 11) is -0.342. The third-order valence-corrected chi connectivity index (χ3v) is 0.642. The van der Waals surface area contributed by atoms with Crippen LogP contribution in [0.3, 0.4) is 0 Å². The summed E-state index contributed by atoms with van der Waals surface area (Å²) in [6, 6.07) is 0. The number of aliphatic hydroxyl groups excluding tert-OH is 1. The molecule has 5 heavy (non-hydrogen) atoms. The lowest BCUT2D eigenvalue weighted by atomic mass is 10.9. The van der Waals surface area contributed by atoms with Crippen LogP contribution < -0.4 is 0 Å². The Hall–Kier alpha value is 0.0600. The van der Waals surface area contributed by atoms with Gasteiger partial charge in [-0.3, -0.25) is 0 Å². The monoisotopic (exact) mass is 93.0 g/mol. The Kier molecular flexibility index (Phi) is 4.11. The molecule has 3 heteroatoms. The topological polar surface area (TPSA) is 37.3 Å². The van der Waals surface area contributed by atoms with Gasteiger partial charge in [0.25, 0.3) is 0 Å². The van der Waals surface area contributed by atoms with Crippen LogP contribution in [0.2, 0.25) is 0 Å². The van der Waals surface area contributed by atoms with E-state index in [4.69, 9.17) is 5.11 Å². The minimum absolute atomic E-state index is 0.0436. The van der Waals surface area contributed by atoms with Gasteiger partial charge in [-0.1, -0.05) is 4.57 Å². The molecule has 0 saturated heterocycles. The van der Waals surface area contributed by atoms with Gasteiger partial charge in [-0.05, 0) is 0 Å². The highest BCUT2D eigenvalue weighted by Crippen LogP contribution is 1.83. The molecule has 1 atom stereocenters. The molecule has 0 aliphatic heterocycles. The lowest BCUT2D eigenvalue weighted by Gasteiger charge is -1.61. The van der Waals surface area contributed by atoms with Crippen molar-refractivity contribution in [2.75, 3.05) is 12.8 Å². The van der Waals surface area contributed by atoms with E-state index >= 15 is 0 Å². The third-order valence-electron chi connectivity index (χ3n) is 0.214. The highest BCUT2D eigenvalue weighted by Gasteiger charge is 1.80. The van der Waals surface area contributed by atoms with Gasteiger partial charge in [0.1, 0.15) is 0 Å². The molecule has 1 N–H and O–H groups in total. The lowest BCUT2D eigenvalue weighted by molar-refractivity contribution is 0.321. The van der Waals surface area contributed by atoms with Gasteiger partial charge in [0.05, 0.1) is 6.61 Å². The van der Waals surface area contributed by atoms with Gasteiger partial charge in [0.15, 0.2) is 6.16 Å². The smallest absolute Gasteiger partial charge is 0.327 e. The van der Waals surface area contributed by atoms with Crippen LogP contribution in [-0.4, -0.2) is 17.9 Å². The summed E-state index contributed by atoms with van der Waals surface area (Å²) in [5.74, 6) is 0. The molecule has 0 saturated carbocycles. The van der Waals surface area contributed by atoms with E-state index in [1.54, 1.807) is 0 Å². The van der Waals surface area contributed by atoms with Gasteiger partial charge in [-0.2, -0.15) is 0 Å². The van der Waals surface area contributed by atoms with Crippen molar-refractivity contribution in [3.8, 4) is 0 Å². The molecule has 0 aromatic heterocycles. The van der Waals surface area contributed by atoms with Crippen LogP contribution in [0.1, 0.15) is 0 Å². The largest absolute Gasteiger partial charge is 0.392 e. The second-order valence-electron chi connectivity index (χ2n) is 0.618. The summed E-state index contributed by atoms with van der Waals surface area (Å²) < 4.78 is 9.40. The SMILES string of the molecule is O=[PH+]CCO. The average molecular weight is 93.0 g/mol. The minimum atomic E-state index is -0.342.